The van der Waals surface area contributed by atoms with Crippen molar-refractivity contribution in [3.63, 3.8) is 0 Å². The summed E-state index contributed by atoms with van der Waals surface area (Å²) in [6, 6.07) is 8.32. The second-order valence-electron chi connectivity index (χ2n) is 3.39. The second-order valence-corrected chi connectivity index (χ2v) is 3.39. The Labute approximate surface area is 73.0 Å². The lowest BCUT2D eigenvalue weighted by Gasteiger charge is -2.19. The Morgan fingerprint density at radius 1 is 1.42 bits per heavy atom. The number of aliphatic hydroxyl groups excluding tert-OH is 1. The number of benzene rings is 1. The van der Waals surface area contributed by atoms with Crippen molar-refractivity contribution >= 4 is 0 Å². The molecule has 12 heavy (non-hydrogen) atoms. The van der Waals surface area contributed by atoms with Crippen LogP contribution in [0.5, 0.6) is 0 Å². The third kappa shape index (κ3) is 1.10. The first kappa shape index (κ1) is 7.69. The molecule has 1 heteroatoms. The molecule has 0 aromatic heterocycles. The molecule has 0 bridgehead atoms. The van der Waals surface area contributed by atoms with Crippen molar-refractivity contribution < 1.29 is 5.11 Å². The molecule has 1 aliphatic carbocycles. The Morgan fingerprint density at radius 2 is 2.17 bits per heavy atom. The molecule has 1 N–H and O–H groups in total. The largest absolute Gasteiger partial charge is 0.376 e. The minimum Gasteiger partial charge on any atom is -0.376 e. The molecule has 0 radical (unpaired) electrons. The second kappa shape index (κ2) is 2.83. The van der Waals surface area contributed by atoms with Gasteiger partial charge in [0, 0.05) is 25.8 Å². The average molecular weight is 161 g/mol. The highest BCUT2D eigenvalue weighted by atomic mass is 16.3. The highest BCUT2D eigenvalue weighted by Crippen LogP contribution is 2.30. The zero-order chi connectivity index (χ0) is 8.55. The van der Waals surface area contributed by atoms with E-state index in [1.165, 1.54) is 11.1 Å². The Balaban J connectivity index is 2.42. The van der Waals surface area contributed by atoms with Crippen LogP contribution in [0, 0.1) is 5.92 Å². The van der Waals surface area contributed by atoms with Crippen molar-refractivity contribution in [2.24, 2.45) is 0 Å². The Bertz CT molecular complexity index is 280. The van der Waals surface area contributed by atoms with E-state index in [0.717, 1.165) is 18.8 Å². The van der Waals surface area contributed by atoms with E-state index >= 15 is 0 Å². The fraction of sp³-hybridized carbons (Fsp3) is 0.364. The molecule has 0 saturated carbocycles. The fourth-order valence-corrected chi connectivity index (χ4v) is 1.81. The van der Waals surface area contributed by atoms with Crippen molar-refractivity contribution in [3.05, 3.63) is 41.3 Å². The molecular formula is C11H13O+. The first-order chi connectivity index (χ1) is 5.79. The highest BCUT2D eigenvalue weighted by Gasteiger charge is 2.30. The number of hydrogen-bond donors (Lipinski definition) is 1. The van der Waals surface area contributed by atoms with Gasteiger partial charge in [-0.15, -0.1) is 0 Å². The molecule has 2 rings (SSSR count). The fourth-order valence-electron chi connectivity index (χ4n) is 1.81. The summed E-state index contributed by atoms with van der Waals surface area (Å²) in [7, 11) is 0. The molecule has 0 fully saturated rings. The lowest BCUT2D eigenvalue weighted by molar-refractivity contribution is 0.177. The number of aliphatic hydroxyl groups is 1. The molecular weight excluding hydrogens is 148 g/mol. The van der Waals surface area contributed by atoms with Crippen LogP contribution in [-0.2, 0) is 6.42 Å². The molecule has 62 valence electrons. The molecule has 1 nitrogen and oxygen atoms in total. The Morgan fingerprint density at radius 3 is 3.00 bits per heavy atom. The Hall–Kier alpha value is -0.950. The molecule has 1 aromatic carbocycles. The van der Waals surface area contributed by atoms with Gasteiger partial charge in [-0.2, -0.15) is 0 Å². The van der Waals surface area contributed by atoms with E-state index in [1.807, 2.05) is 13.0 Å². The van der Waals surface area contributed by atoms with Crippen LogP contribution in [0.25, 0.3) is 0 Å². The van der Waals surface area contributed by atoms with Crippen LogP contribution >= 0.6 is 0 Å². The van der Waals surface area contributed by atoms with Crippen LogP contribution in [0.2, 0.25) is 0 Å². The molecule has 1 unspecified atom stereocenters. The van der Waals surface area contributed by atoms with Gasteiger partial charge >= 0.3 is 0 Å². The molecule has 0 spiro atoms. The average Bonchev–Trinajstić information content (AvgIpc) is 2.12. The van der Waals surface area contributed by atoms with Gasteiger partial charge in [-0.1, -0.05) is 0 Å². The van der Waals surface area contributed by atoms with Crippen LogP contribution in [0.3, 0.4) is 0 Å². The normalized spacial score (nSPS) is 22.2. The number of hydrogen-bond acceptors (Lipinski definition) is 1. The Kier molecular flexibility index (Phi) is 1.81. The highest BCUT2D eigenvalue weighted by molar-refractivity contribution is 5.41. The van der Waals surface area contributed by atoms with Gasteiger partial charge in [0.1, 0.15) is 11.7 Å². The van der Waals surface area contributed by atoms with Crippen LogP contribution < -0.4 is 0 Å². The molecule has 1 aliphatic rings. The van der Waals surface area contributed by atoms with Crippen molar-refractivity contribution in [1.29, 1.82) is 0 Å². The molecule has 1 aromatic rings. The number of fused-ring (bicyclic) bond motifs is 1. The van der Waals surface area contributed by atoms with E-state index < -0.39 is 0 Å². The topological polar surface area (TPSA) is 20.2 Å². The first-order valence-corrected chi connectivity index (χ1v) is 4.39. The summed E-state index contributed by atoms with van der Waals surface area (Å²) in [5.74, 6) is 1.12. The van der Waals surface area contributed by atoms with E-state index in [1.54, 1.807) is 0 Å². The minimum atomic E-state index is -0.222. The summed E-state index contributed by atoms with van der Waals surface area (Å²) >= 11 is 0. The van der Waals surface area contributed by atoms with Crippen molar-refractivity contribution in [3.8, 4) is 0 Å². The van der Waals surface area contributed by atoms with Crippen LogP contribution in [-0.4, -0.2) is 11.2 Å². The lowest BCUT2D eigenvalue weighted by Crippen LogP contribution is -2.23. The predicted octanol–water partition coefficient (Wildman–Crippen LogP) is 1.94. The number of rotatable bonds is 0. The standard InChI is InChI=1S/C11H13O/c1-8-10-5-3-2-4-9(10)6-7-11(8)12/h2-5,11-12H,6-7H2,1H3/q+1. The first-order valence-electron chi connectivity index (χ1n) is 4.39. The van der Waals surface area contributed by atoms with Gasteiger partial charge in [0.2, 0.25) is 0 Å². The minimum absolute atomic E-state index is 0.222. The maximum Gasteiger partial charge on any atom is 0.138 e. The van der Waals surface area contributed by atoms with Crippen LogP contribution in [0.4, 0.5) is 0 Å². The van der Waals surface area contributed by atoms with E-state index in [4.69, 9.17) is 0 Å². The number of aryl methyl sites for hydroxylation is 1. The summed E-state index contributed by atoms with van der Waals surface area (Å²) in [4.78, 5) is 0. The van der Waals surface area contributed by atoms with Gasteiger partial charge in [-0.05, 0) is 18.2 Å². The van der Waals surface area contributed by atoms with Gasteiger partial charge in [0.15, 0.2) is 0 Å². The van der Waals surface area contributed by atoms with Gasteiger partial charge < -0.3 is 5.11 Å². The SMILES string of the molecule is C[C+]1c2ccccc2CCC1O. The molecule has 1 atom stereocenters. The molecule has 0 aliphatic heterocycles. The lowest BCUT2D eigenvalue weighted by atomic mass is 9.82. The predicted molar refractivity (Wildman–Crippen MR) is 48.8 cm³/mol. The van der Waals surface area contributed by atoms with E-state index in [2.05, 4.69) is 18.2 Å². The van der Waals surface area contributed by atoms with Gasteiger partial charge in [-0.3, -0.25) is 0 Å². The zero-order valence-electron chi connectivity index (χ0n) is 7.25. The van der Waals surface area contributed by atoms with Crippen LogP contribution in [0.15, 0.2) is 24.3 Å². The van der Waals surface area contributed by atoms with Gasteiger partial charge in [0.05, 0.1) is 11.5 Å². The summed E-state index contributed by atoms with van der Waals surface area (Å²) in [6.07, 6.45) is 1.66. The third-order valence-corrected chi connectivity index (χ3v) is 2.63. The van der Waals surface area contributed by atoms with Crippen molar-refractivity contribution in [2.45, 2.75) is 25.9 Å². The molecule has 0 amide bonds. The smallest absolute Gasteiger partial charge is 0.138 e. The van der Waals surface area contributed by atoms with Gasteiger partial charge in [0.25, 0.3) is 0 Å². The van der Waals surface area contributed by atoms with E-state index in [-0.39, 0.29) is 6.10 Å². The van der Waals surface area contributed by atoms with Crippen molar-refractivity contribution in [1.82, 2.24) is 0 Å². The third-order valence-electron chi connectivity index (χ3n) is 2.63. The van der Waals surface area contributed by atoms with Gasteiger partial charge in [-0.25, -0.2) is 0 Å². The monoisotopic (exact) mass is 161 g/mol. The maximum absolute atomic E-state index is 9.59. The van der Waals surface area contributed by atoms with Crippen LogP contribution in [0.1, 0.15) is 24.5 Å². The summed E-state index contributed by atoms with van der Waals surface area (Å²) in [5, 5.41) is 9.59. The summed E-state index contributed by atoms with van der Waals surface area (Å²) in [6.45, 7) is 2.02. The zero-order valence-corrected chi connectivity index (χ0v) is 7.25. The van der Waals surface area contributed by atoms with E-state index in [9.17, 15) is 5.11 Å². The molecule has 0 saturated heterocycles. The summed E-state index contributed by atoms with van der Waals surface area (Å²) in [5.41, 5.74) is 2.62. The maximum atomic E-state index is 9.59. The quantitative estimate of drug-likeness (QED) is 0.576. The van der Waals surface area contributed by atoms with E-state index in [0.29, 0.717) is 0 Å². The molecule has 0 heterocycles. The summed E-state index contributed by atoms with van der Waals surface area (Å²) < 4.78 is 0. The van der Waals surface area contributed by atoms with Crippen molar-refractivity contribution in [2.75, 3.05) is 0 Å².